The number of anilines is 2. The molecular formula is C16H18N2O3. The first-order valence-electron chi connectivity index (χ1n) is 7.08. The molecule has 0 radical (unpaired) electrons. The lowest BCUT2D eigenvalue weighted by Crippen LogP contribution is -2.13. The molecule has 1 aliphatic rings. The van der Waals surface area contributed by atoms with E-state index in [9.17, 15) is 4.79 Å². The summed E-state index contributed by atoms with van der Waals surface area (Å²) >= 11 is 0. The number of aliphatic hydroxyl groups is 1. The predicted octanol–water partition coefficient (Wildman–Crippen LogP) is 2.73. The third-order valence-corrected chi connectivity index (χ3v) is 3.42. The summed E-state index contributed by atoms with van der Waals surface area (Å²) in [5.74, 6) is 1.61. The Balaban J connectivity index is 1.58. The van der Waals surface area contributed by atoms with Gasteiger partial charge in [-0.15, -0.1) is 0 Å². The Morgan fingerprint density at radius 2 is 1.95 bits per heavy atom. The number of aliphatic hydroxyl groups excluding tert-OH is 1. The van der Waals surface area contributed by atoms with Gasteiger partial charge in [0, 0.05) is 17.3 Å². The molecule has 5 heteroatoms. The number of carbonyl (C=O) groups is 1. The van der Waals surface area contributed by atoms with Crippen LogP contribution in [0.5, 0.6) is 0 Å². The number of furan rings is 1. The molecular weight excluding hydrogens is 268 g/mol. The van der Waals surface area contributed by atoms with Crippen molar-refractivity contribution >= 4 is 17.3 Å². The number of hydrogen-bond acceptors (Lipinski definition) is 4. The molecule has 5 nitrogen and oxygen atoms in total. The lowest BCUT2D eigenvalue weighted by Gasteiger charge is -2.08. The van der Waals surface area contributed by atoms with Gasteiger partial charge in [-0.25, -0.2) is 0 Å². The molecule has 3 rings (SSSR count). The van der Waals surface area contributed by atoms with Crippen molar-refractivity contribution in [3.05, 3.63) is 47.9 Å². The van der Waals surface area contributed by atoms with Crippen molar-refractivity contribution in [2.45, 2.75) is 26.0 Å². The normalized spacial score (nSPS) is 14.0. The first kappa shape index (κ1) is 13.7. The third kappa shape index (κ3) is 3.64. The molecule has 1 aromatic carbocycles. The van der Waals surface area contributed by atoms with E-state index >= 15 is 0 Å². The topological polar surface area (TPSA) is 74.5 Å². The van der Waals surface area contributed by atoms with E-state index in [2.05, 4.69) is 10.6 Å². The molecule has 0 aliphatic heterocycles. The Morgan fingerprint density at radius 3 is 2.67 bits per heavy atom. The summed E-state index contributed by atoms with van der Waals surface area (Å²) in [6, 6.07) is 11.2. The highest BCUT2D eigenvalue weighted by Gasteiger charge is 2.29. The van der Waals surface area contributed by atoms with E-state index in [0.29, 0.717) is 12.3 Å². The van der Waals surface area contributed by atoms with Gasteiger partial charge in [0.1, 0.15) is 18.1 Å². The minimum atomic E-state index is -0.0946. The minimum Gasteiger partial charge on any atom is -0.462 e. The lowest BCUT2D eigenvalue weighted by atomic mass is 10.2. The van der Waals surface area contributed by atoms with Crippen molar-refractivity contribution in [3.8, 4) is 0 Å². The van der Waals surface area contributed by atoms with E-state index in [4.69, 9.17) is 9.52 Å². The Bertz CT molecular complexity index is 632. The number of carbonyl (C=O) groups excluding carboxylic acids is 1. The molecule has 2 aromatic rings. The highest BCUT2D eigenvalue weighted by Crippen LogP contribution is 2.30. The Labute approximate surface area is 123 Å². The van der Waals surface area contributed by atoms with E-state index < -0.39 is 0 Å². The zero-order valence-corrected chi connectivity index (χ0v) is 11.6. The van der Waals surface area contributed by atoms with Crippen LogP contribution < -0.4 is 10.6 Å². The van der Waals surface area contributed by atoms with Gasteiger partial charge in [0.15, 0.2) is 0 Å². The fourth-order valence-corrected chi connectivity index (χ4v) is 2.09. The molecule has 0 unspecified atom stereocenters. The van der Waals surface area contributed by atoms with Crippen LogP contribution >= 0.6 is 0 Å². The Kier molecular flexibility index (Phi) is 3.92. The van der Waals surface area contributed by atoms with Gasteiger partial charge in [-0.2, -0.15) is 0 Å². The second kappa shape index (κ2) is 6.01. The first-order valence-corrected chi connectivity index (χ1v) is 7.08. The van der Waals surface area contributed by atoms with Crippen LogP contribution in [0.3, 0.4) is 0 Å². The Hall–Kier alpha value is -2.27. The largest absolute Gasteiger partial charge is 0.462 e. The van der Waals surface area contributed by atoms with Crippen LogP contribution in [0, 0.1) is 5.92 Å². The van der Waals surface area contributed by atoms with E-state index in [0.717, 1.165) is 30.0 Å². The van der Waals surface area contributed by atoms with Gasteiger partial charge in [-0.1, -0.05) is 6.07 Å². The van der Waals surface area contributed by atoms with Gasteiger partial charge < -0.3 is 20.2 Å². The predicted molar refractivity (Wildman–Crippen MR) is 79.8 cm³/mol. The maximum absolute atomic E-state index is 11.7. The van der Waals surface area contributed by atoms with Gasteiger partial charge in [0.2, 0.25) is 5.91 Å². The lowest BCUT2D eigenvalue weighted by molar-refractivity contribution is -0.117. The van der Waals surface area contributed by atoms with Crippen LogP contribution in [0.15, 0.2) is 40.8 Å². The number of hydrogen-bond donors (Lipinski definition) is 3. The SMILES string of the molecule is O=C(Nc1cccc(NCc2ccc(CO)o2)c1)C1CC1. The molecule has 1 fully saturated rings. The minimum absolute atomic E-state index is 0.0946. The quantitative estimate of drug-likeness (QED) is 0.763. The van der Waals surface area contributed by atoms with E-state index in [1.54, 1.807) is 6.07 Å². The van der Waals surface area contributed by atoms with Crippen LogP contribution in [0.4, 0.5) is 11.4 Å². The molecule has 0 atom stereocenters. The van der Waals surface area contributed by atoms with E-state index in [1.165, 1.54) is 0 Å². The highest BCUT2D eigenvalue weighted by atomic mass is 16.4. The summed E-state index contributed by atoms with van der Waals surface area (Å²) in [5.41, 5.74) is 1.71. The molecule has 1 saturated carbocycles. The van der Waals surface area contributed by atoms with Crippen molar-refractivity contribution in [2.75, 3.05) is 10.6 Å². The first-order chi connectivity index (χ1) is 10.2. The number of benzene rings is 1. The molecule has 1 aliphatic carbocycles. The van der Waals surface area contributed by atoms with Crippen LogP contribution in [0.2, 0.25) is 0 Å². The molecule has 3 N–H and O–H groups in total. The summed E-state index contributed by atoms with van der Waals surface area (Å²) in [6.45, 7) is 0.433. The zero-order valence-electron chi connectivity index (χ0n) is 11.6. The van der Waals surface area contributed by atoms with Crippen LogP contribution in [0.25, 0.3) is 0 Å². The van der Waals surface area contributed by atoms with Crippen molar-refractivity contribution in [3.63, 3.8) is 0 Å². The fraction of sp³-hybridized carbons (Fsp3) is 0.312. The van der Waals surface area contributed by atoms with Gasteiger partial charge in [-0.05, 0) is 43.2 Å². The molecule has 21 heavy (non-hydrogen) atoms. The van der Waals surface area contributed by atoms with Crippen LogP contribution in [0.1, 0.15) is 24.4 Å². The summed E-state index contributed by atoms with van der Waals surface area (Å²) in [5, 5.41) is 15.1. The van der Waals surface area contributed by atoms with Crippen LogP contribution in [-0.4, -0.2) is 11.0 Å². The molecule has 1 amide bonds. The van der Waals surface area contributed by atoms with Gasteiger partial charge in [0.05, 0.1) is 6.54 Å². The molecule has 1 heterocycles. The number of amides is 1. The summed E-state index contributed by atoms with van der Waals surface area (Å²) in [7, 11) is 0. The smallest absolute Gasteiger partial charge is 0.227 e. The maximum Gasteiger partial charge on any atom is 0.227 e. The standard InChI is InChI=1S/C16H18N2O3/c19-10-15-7-6-14(21-15)9-17-12-2-1-3-13(8-12)18-16(20)11-4-5-11/h1-3,6-8,11,17,19H,4-5,9-10H2,(H,18,20). The van der Waals surface area contributed by atoms with Gasteiger partial charge in [-0.3, -0.25) is 4.79 Å². The van der Waals surface area contributed by atoms with Gasteiger partial charge in [0.25, 0.3) is 0 Å². The molecule has 0 bridgehead atoms. The molecule has 0 saturated heterocycles. The Morgan fingerprint density at radius 1 is 1.19 bits per heavy atom. The number of nitrogens with one attached hydrogen (secondary N) is 2. The summed E-state index contributed by atoms with van der Waals surface area (Å²) in [4.78, 5) is 11.7. The van der Waals surface area contributed by atoms with Crippen molar-refractivity contribution in [2.24, 2.45) is 5.92 Å². The van der Waals surface area contributed by atoms with E-state index in [1.807, 2.05) is 30.3 Å². The summed E-state index contributed by atoms with van der Waals surface area (Å²) in [6.07, 6.45) is 1.99. The van der Waals surface area contributed by atoms with Crippen molar-refractivity contribution in [1.29, 1.82) is 0 Å². The second-order valence-corrected chi connectivity index (χ2v) is 5.22. The summed E-state index contributed by atoms with van der Waals surface area (Å²) < 4.78 is 5.41. The number of rotatable bonds is 6. The fourth-order valence-electron chi connectivity index (χ4n) is 2.09. The van der Waals surface area contributed by atoms with E-state index in [-0.39, 0.29) is 18.4 Å². The second-order valence-electron chi connectivity index (χ2n) is 5.22. The van der Waals surface area contributed by atoms with Gasteiger partial charge >= 0.3 is 0 Å². The molecule has 0 spiro atoms. The highest BCUT2D eigenvalue weighted by molar-refractivity contribution is 5.94. The maximum atomic E-state index is 11.7. The third-order valence-electron chi connectivity index (χ3n) is 3.42. The van der Waals surface area contributed by atoms with Crippen molar-refractivity contribution in [1.82, 2.24) is 0 Å². The monoisotopic (exact) mass is 286 g/mol. The van der Waals surface area contributed by atoms with Crippen molar-refractivity contribution < 1.29 is 14.3 Å². The average Bonchev–Trinajstić information content (AvgIpc) is 3.25. The molecule has 1 aromatic heterocycles. The average molecular weight is 286 g/mol. The molecule has 110 valence electrons. The zero-order chi connectivity index (χ0) is 14.7. The van der Waals surface area contributed by atoms with Crippen LogP contribution in [-0.2, 0) is 17.9 Å².